The van der Waals surface area contributed by atoms with E-state index < -0.39 is 36.8 Å². The molecule has 0 saturated carbocycles. The first-order chi connectivity index (χ1) is 20.2. The van der Waals surface area contributed by atoms with Gasteiger partial charge in [-0.1, -0.05) is 121 Å². The average Bonchev–Trinajstić information content (AvgIpc) is 3.03. The van der Waals surface area contributed by atoms with E-state index in [1.165, 1.54) is 0 Å². The average molecular weight is 555 g/mol. The van der Waals surface area contributed by atoms with Gasteiger partial charge in [-0.15, -0.1) is 0 Å². The van der Waals surface area contributed by atoms with Crippen LogP contribution in [0.4, 0.5) is 0 Å². The van der Waals surface area contributed by atoms with Crippen LogP contribution in [0.2, 0.25) is 0 Å². The fourth-order valence-electron chi connectivity index (χ4n) is 4.97. The molecule has 6 nitrogen and oxygen atoms in total. The second-order valence-corrected chi connectivity index (χ2v) is 10.3. The molecular formula is C35H38O6. The van der Waals surface area contributed by atoms with Gasteiger partial charge < -0.3 is 28.8 Å². The van der Waals surface area contributed by atoms with Crippen LogP contribution in [-0.2, 0) is 50.1 Å². The molecule has 1 saturated heterocycles. The number of ether oxygens (including phenoxy) is 5. The van der Waals surface area contributed by atoms with E-state index in [9.17, 15) is 5.11 Å². The van der Waals surface area contributed by atoms with Gasteiger partial charge in [0.05, 0.1) is 32.5 Å². The van der Waals surface area contributed by atoms with Crippen LogP contribution < -0.4 is 0 Å². The van der Waals surface area contributed by atoms with Gasteiger partial charge >= 0.3 is 0 Å². The lowest BCUT2D eigenvalue weighted by atomic mass is 9.94. The zero-order valence-electron chi connectivity index (χ0n) is 23.3. The quantitative estimate of drug-likeness (QED) is 0.217. The highest BCUT2D eigenvalue weighted by atomic mass is 16.7. The predicted molar refractivity (Wildman–Crippen MR) is 157 cm³/mol. The van der Waals surface area contributed by atoms with Gasteiger partial charge in [0.2, 0.25) is 0 Å². The molecule has 41 heavy (non-hydrogen) atoms. The molecule has 1 heterocycles. The number of aliphatic hydroxyl groups excluding tert-OH is 1. The third kappa shape index (κ3) is 8.33. The summed E-state index contributed by atoms with van der Waals surface area (Å²) in [7, 11) is 0. The molecule has 0 radical (unpaired) electrons. The minimum Gasteiger partial charge on any atom is -0.391 e. The Morgan fingerprint density at radius 2 is 0.854 bits per heavy atom. The number of hydrogen-bond donors (Lipinski definition) is 1. The first kappa shape index (κ1) is 29.1. The zero-order chi connectivity index (χ0) is 28.3. The molecule has 0 spiro atoms. The van der Waals surface area contributed by atoms with Gasteiger partial charge in [0.15, 0.2) is 6.29 Å². The molecule has 0 aromatic heterocycles. The van der Waals surface area contributed by atoms with Crippen molar-refractivity contribution in [3.05, 3.63) is 144 Å². The molecule has 0 aliphatic carbocycles. The second kappa shape index (κ2) is 15.0. The molecule has 214 valence electrons. The maximum atomic E-state index is 10.9. The summed E-state index contributed by atoms with van der Waals surface area (Å²) < 4.78 is 32.5. The Hall–Kier alpha value is -3.36. The van der Waals surface area contributed by atoms with E-state index in [1.54, 1.807) is 6.92 Å². The first-order valence-corrected chi connectivity index (χ1v) is 14.1. The molecule has 1 aliphatic heterocycles. The van der Waals surface area contributed by atoms with Crippen molar-refractivity contribution in [1.29, 1.82) is 0 Å². The number of hydrogen-bond acceptors (Lipinski definition) is 6. The smallest absolute Gasteiger partial charge is 0.187 e. The zero-order valence-corrected chi connectivity index (χ0v) is 23.3. The van der Waals surface area contributed by atoms with E-state index in [4.69, 9.17) is 23.7 Å². The van der Waals surface area contributed by atoms with Gasteiger partial charge in [0.25, 0.3) is 0 Å². The van der Waals surface area contributed by atoms with Crippen LogP contribution in [0.5, 0.6) is 0 Å². The molecule has 1 fully saturated rings. The fraction of sp³-hybridized carbons (Fsp3) is 0.314. The minimum atomic E-state index is -0.837. The molecule has 1 aliphatic rings. The lowest BCUT2D eigenvalue weighted by Crippen LogP contribution is -2.63. The highest BCUT2D eigenvalue weighted by Crippen LogP contribution is 2.33. The van der Waals surface area contributed by atoms with Crippen molar-refractivity contribution in [2.45, 2.75) is 70.2 Å². The fourth-order valence-corrected chi connectivity index (χ4v) is 4.97. The van der Waals surface area contributed by atoms with Gasteiger partial charge in [-0.25, -0.2) is 0 Å². The summed E-state index contributed by atoms with van der Waals surface area (Å²) in [4.78, 5) is 0. The van der Waals surface area contributed by atoms with E-state index in [0.717, 1.165) is 22.3 Å². The van der Waals surface area contributed by atoms with E-state index >= 15 is 0 Å². The summed E-state index contributed by atoms with van der Waals surface area (Å²) in [5.74, 6) is 0. The molecule has 6 atom stereocenters. The monoisotopic (exact) mass is 554 g/mol. The summed E-state index contributed by atoms with van der Waals surface area (Å²) in [6.07, 6.45) is -4.16. The number of aliphatic hydroxyl groups is 1. The van der Waals surface area contributed by atoms with Crippen LogP contribution in [0.1, 0.15) is 29.2 Å². The molecule has 4 aromatic rings. The Kier molecular flexibility index (Phi) is 10.7. The summed E-state index contributed by atoms with van der Waals surface area (Å²) in [5.41, 5.74) is 4.08. The van der Waals surface area contributed by atoms with E-state index in [1.807, 2.05) is 121 Å². The summed E-state index contributed by atoms with van der Waals surface area (Å²) in [6.45, 7) is 3.06. The SMILES string of the molecule is C[C@H](O)[C@H]1O[C@H](OCc2ccccc2)[C@@H](OCc2ccccc2)[C@@H](OCc2ccccc2)[C@H]1OCc1ccccc1. The molecule has 5 rings (SSSR count). The Labute approximate surface area is 242 Å². The van der Waals surface area contributed by atoms with Crippen LogP contribution in [0.15, 0.2) is 121 Å². The van der Waals surface area contributed by atoms with Crippen LogP contribution in [0, 0.1) is 0 Å². The maximum absolute atomic E-state index is 10.9. The van der Waals surface area contributed by atoms with Crippen molar-refractivity contribution in [2.24, 2.45) is 0 Å². The molecule has 0 unspecified atom stereocenters. The third-order valence-electron chi connectivity index (χ3n) is 7.12. The minimum absolute atomic E-state index is 0.324. The molecule has 6 heteroatoms. The Morgan fingerprint density at radius 1 is 0.512 bits per heavy atom. The largest absolute Gasteiger partial charge is 0.391 e. The van der Waals surface area contributed by atoms with Crippen molar-refractivity contribution in [3.63, 3.8) is 0 Å². The third-order valence-corrected chi connectivity index (χ3v) is 7.12. The lowest BCUT2D eigenvalue weighted by molar-refractivity contribution is -0.335. The van der Waals surface area contributed by atoms with Gasteiger partial charge in [-0.3, -0.25) is 0 Å². The van der Waals surface area contributed by atoms with Gasteiger partial charge in [-0.2, -0.15) is 0 Å². The molecule has 0 bridgehead atoms. The maximum Gasteiger partial charge on any atom is 0.187 e. The van der Waals surface area contributed by atoms with Gasteiger partial charge in [-0.05, 0) is 29.2 Å². The molecule has 1 N–H and O–H groups in total. The van der Waals surface area contributed by atoms with Crippen molar-refractivity contribution in [3.8, 4) is 0 Å². The van der Waals surface area contributed by atoms with Gasteiger partial charge in [0.1, 0.15) is 24.4 Å². The summed E-state index contributed by atoms with van der Waals surface area (Å²) in [5, 5.41) is 10.9. The van der Waals surface area contributed by atoms with Gasteiger partial charge in [0, 0.05) is 0 Å². The van der Waals surface area contributed by atoms with Crippen LogP contribution in [-0.4, -0.2) is 41.9 Å². The lowest BCUT2D eigenvalue weighted by Gasteiger charge is -2.46. The topological polar surface area (TPSA) is 66.4 Å². The van der Waals surface area contributed by atoms with Crippen molar-refractivity contribution >= 4 is 0 Å². The van der Waals surface area contributed by atoms with Crippen molar-refractivity contribution in [1.82, 2.24) is 0 Å². The Morgan fingerprint density at radius 3 is 1.24 bits per heavy atom. The molecule has 0 amide bonds. The number of rotatable bonds is 13. The van der Waals surface area contributed by atoms with Crippen LogP contribution >= 0.6 is 0 Å². The van der Waals surface area contributed by atoms with E-state index in [0.29, 0.717) is 26.4 Å². The highest BCUT2D eigenvalue weighted by molar-refractivity contribution is 5.16. The summed E-state index contributed by atoms with van der Waals surface area (Å²) in [6, 6.07) is 39.9. The van der Waals surface area contributed by atoms with E-state index in [-0.39, 0.29) is 0 Å². The van der Waals surface area contributed by atoms with Crippen molar-refractivity contribution < 1.29 is 28.8 Å². The molecular weight excluding hydrogens is 516 g/mol. The summed E-state index contributed by atoms with van der Waals surface area (Å²) >= 11 is 0. The second-order valence-electron chi connectivity index (χ2n) is 10.3. The predicted octanol–water partition coefficient (Wildman–Crippen LogP) is 6.07. The van der Waals surface area contributed by atoms with Crippen LogP contribution in [0.25, 0.3) is 0 Å². The highest BCUT2D eigenvalue weighted by Gasteiger charge is 2.50. The normalized spacial score (nSPS) is 23.2. The molecule has 4 aromatic carbocycles. The standard InChI is InChI=1S/C35H38O6/c1-26(36)31-32(37-22-27-14-6-2-7-15-27)33(38-23-28-16-8-3-9-17-28)34(39-24-29-18-10-4-11-19-29)35(41-31)40-25-30-20-12-5-13-21-30/h2-21,26,31-36H,22-25H2,1H3/t26-,31+,32-,33-,34-,35-/m0/s1. The number of benzene rings is 4. The van der Waals surface area contributed by atoms with Crippen molar-refractivity contribution in [2.75, 3.05) is 0 Å². The Bertz CT molecular complexity index is 1270. The Balaban J connectivity index is 1.44. The van der Waals surface area contributed by atoms with Crippen LogP contribution in [0.3, 0.4) is 0 Å². The first-order valence-electron chi connectivity index (χ1n) is 14.1. The van der Waals surface area contributed by atoms with E-state index in [2.05, 4.69) is 0 Å².